The number of likely N-dealkylation sites (tertiary alicyclic amines) is 1. The average Bonchev–Trinajstić information content (AvgIpc) is 1.99. The molecule has 2 N–H and O–H groups in total. The SMILES string of the molecule is CC(=O)N1CCC1C(CCN)C(C)C. The molecule has 1 aliphatic rings. The summed E-state index contributed by atoms with van der Waals surface area (Å²) in [5.74, 6) is 1.41. The van der Waals surface area contributed by atoms with Crippen LogP contribution in [0.2, 0.25) is 0 Å². The number of amides is 1. The minimum Gasteiger partial charge on any atom is -0.340 e. The molecule has 1 rings (SSSR count). The van der Waals surface area contributed by atoms with Crippen molar-refractivity contribution in [2.45, 2.75) is 39.7 Å². The van der Waals surface area contributed by atoms with Crippen LogP contribution in [0.5, 0.6) is 0 Å². The molecule has 1 heterocycles. The van der Waals surface area contributed by atoms with E-state index in [0.29, 0.717) is 17.9 Å². The van der Waals surface area contributed by atoms with Crippen molar-refractivity contribution < 1.29 is 4.79 Å². The lowest BCUT2D eigenvalue weighted by Gasteiger charge is -2.46. The van der Waals surface area contributed by atoms with Gasteiger partial charge in [0.05, 0.1) is 0 Å². The highest BCUT2D eigenvalue weighted by Gasteiger charge is 2.36. The van der Waals surface area contributed by atoms with Crippen LogP contribution in [-0.4, -0.2) is 29.9 Å². The first kappa shape index (κ1) is 11.5. The van der Waals surface area contributed by atoms with Crippen LogP contribution in [-0.2, 0) is 4.79 Å². The Kier molecular flexibility index (Phi) is 3.93. The maximum absolute atomic E-state index is 11.3. The van der Waals surface area contributed by atoms with E-state index in [4.69, 9.17) is 5.73 Å². The fourth-order valence-corrected chi connectivity index (χ4v) is 2.41. The average molecular weight is 198 g/mol. The van der Waals surface area contributed by atoms with Crippen molar-refractivity contribution in [3.63, 3.8) is 0 Å². The maximum atomic E-state index is 11.3. The number of carbonyl (C=O) groups excluding carboxylic acids is 1. The third kappa shape index (κ3) is 2.27. The topological polar surface area (TPSA) is 46.3 Å². The number of hydrogen-bond donors (Lipinski definition) is 1. The van der Waals surface area contributed by atoms with Crippen molar-refractivity contribution in [2.75, 3.05) is 13.1 Å². The zero-order chi connectivity index (χ0) is 10.7. The van der Waals surface area contributed by atoms with Crippen LogP contribution >= 0.6 is 0 Å². The van der Waals surface area contributed by atoms with Crippen LogP contribution in [0.1, 0.15) is 33.6 Å². The molecule has 0 radical (unpaired) electrons. The largest absolute Gasteiger partial charge is 0.340 e. The molecular formula is C11H22N2O. The van der Waals surface area contributed by atoms with E-state index in [1.807, 2.05) is 4.90 Å². The summed E-state index contributed by atoms with van der Waals surface area (Å²) in [6, 6.07) is 0.455. The second kappa shape index (κ2) is 4.78. The summed E-state index contributed by atoms with van der Waals surface area (Å²) in [5, 5.41) is 0. The van der Waals surface area contributed by atoms with Gasteiger partial charge in [0.15, 0.2) is 0 Å². The Morgan fingerprint density at radius 3 is 2.50 bits per heavy atom. The Morgan fingerprint density at radius 2 is 2.21 bits per heavy atom. The van der Waals surface area contributed by atoms with Crippen molar-refractivity contribution in [3.05, 3.63) is 0 Å². The van der Waals surface area contributed by atoms with Crippen LogP contribution in [0, 0.1) is 11.8 Å². The van der Waals surface area contributed by atoms with Gasteiger partial charge in [0.2, 0.25) is 5.91 Å². The Labute approximate surface area is 86.6 Å². The molecule has 82 valence electrons. The lowest BCUT2D eigenvalue weighted by atomic mass is 9.79. The smallest absolute Gasteiger partial charge is 0.219 e. The molecule has 0 saturated carbocycles. The minimum absolute atomic E-state index is 0.212. The summed E-state index contributed by atoms with van der Waals surface area (Å²) < 4.78 is 0. The number of hydrogen-bond acceptors (Lipinski definition) is 2. The van der Waals surface area contributed by atoms with Gasteiger partial charge in [-0.15, -0.1) is 0 Å². The second-order valence-corrected chi connectivity index (χ2v) is 4.55. The molecule has 14 heavy (non-hydrogen) atoms. The van der Waals surface area contributed by atoms with Gasteiger partial charge >= 0.3 is 0 Å². The highest BCUT2D eigenvalue weighted by atomic mass is 16.2. The van der Waals surface area contributed by atoms with Crippen molar-refractivity contribution in [1.82, 2.24) is 4.90 Å². The Morgan fingerprint density at radius 1 is 1.57 bits per heavy atom. The van der Waals surface area contributed by atoms with Crippen molar-refractivity contribution >= 4 is 5.91 Å². The van der Waals surface area contributed by atoms with E-state index in [2.05, 4.69) is 13.8 Å². The highest BCUT2D eigenvalue weighted by molar-refractivity contribution is 5.74. The van der Waals surface area contributed by atoms with Crippen molar-refractivity contribution in [3.8, 4) is 0 Å². The zero-order valence-electron chi connectivity index (χ0n) is 9.49. The lowest BCUT2D eigenvalue weighted by molar-refractivity contribution is -0.139. The van der Waals surface area contributed by atoms with E-state index >= 15 is 0 Å². The number of nitrogens with zero attached hydrogens (tertiary/aromatic N) is 1. The standard InChI is InChI=1S/C11H22N2O/c1-8(2)10(4-6-12)11-5-7-13(11)9(3)14/h8,10-11H,4-7,12H2,1-3H3. The molecule has 0 aromatic rings. The van der Waals surface area contributed by atoms with Crippen LogP contribution < -0.4 is 5.73 Å². The molecule has 1 amide bonds. The van der Waals surface area contributed by atoms with E-state index in [9.17, 15) is 4.79 Å². The molecule has 0 aromatic heterocycles. The molecule has 1 fully saturated rings. The molecule has 0 aromatic carbocycles. The summed E-state index contributed by atoms with van der Waals surface area (Å²) in [5.41, 5.74) is 5.60. The Bertz CT molecular complexity index is 203. The van der Waals surface area contributed by atoms with Gasteiger partial charge in [0.1, 0.15) is 0 Å². The molecule has 1 saturated heterocycles. The highest BCUT2D eigenvalue weighted by Crippen LogP contribution is 2.31. The molecule has 2 unspecified atom stereocenters. The summed E-state index contributed by atoms with van der Waals surface area (Å²) in [4.78, 5) is 13.2. The first-order valence-electron chi connectivity index (χ1n) is 5.55. The van der Waals surface area contributed by atoms with Crippen molar-refractivity contribution in [2.24, 2.45) is 17.6 Å². The van der Waals surface area contributed by atoms with Gasteiger partial charge in [-0.3, -0.25) is 4.79 Å². The van der Waals surface area contributed by atoms with E-state index in [1.165, 1.54) is 0 Å². The Balaban J connectivity index is 2.55. The third-order valence-corrected chi connectivity index (χ3v) is 3.32. The quantitative estimate of drug-likeness (QED) is 0.738. The minimum atomic E-state index is 0.212. The first-order valence-corrected chi connectivity index (χ1v) is 5.55. The van der Waals surface area contributed by atoms with Gasteiger partial charge < -0.3 is 10.6 Å². The summed E-state index contributed by atoms with van der Waals surface area (Å²) in [6.07, 6.45) is 2.19. The predicted octanol–water partition coefficient (Wildman–Crippen LogP) is 1.23. The zero-order valence-corrected chi connectivity index (χ0v) is 9.49. The molecule has 3 heteroatoms. The summed E-state index contributed by atoms with van der Waals surface area (Å²) >= 11 is 0. The van der Waals surface area contributed by atoms with Crippen LogP contribution in [0.15, 0.2) is 0 Å². The molecule has 0 spiro atoms. The van der Waals surface area contributed by atoms with Gasteiger partial charge in [0.25, 0.3) is 0 Å². The van der Waals surface area contributed by atoms with Crippen molar-refractivity contribution in [1.29, 1.82) is 0 Å². The van der Waals surface area contributed by atoms with Crippen LogP contribution in [0.3, 0.4) is 0 Å². The van der Waals surface area contributed by atoms with E-state index in [-0.39, 0.29) is 5.91 Å². The number of rotatable bonds is 4. The molecule has 0 bridgehead atoms. The number of nitrogens with two attached hydrogens (primary N) is 1. The second-order valence-electron chi connectivity index (χ2n) is 4.55. The van der Waals surface area contributed by atoms with Gasteiger partial charge in [0, 0.05) is 19.5 Å². The number of carbonyl (C=O) groups is 1. The van der Waals surface area contributed by atoms with E-state index in [0.717, 1.165) is 25.9 Å². The van der Waals surface area contributed by atoms with Gasteiger partial charge in [-0.1, -0.05) is 13.8 Å². The lowest BCUT2D eigenvalue weighted by Crippen LogP contribution is -2.55. The Hall–Kier alpha value is -0.570. The fourth-order valence-electron chi connectivity index (χ4n) is 2.41. The summed E-state index contributed by atoms with van der Waals surface area (Å²) in [6.45, 7) is 7.76. The fraction of sp³-hybridized carbons (Fsp3) is 0.909. The van der Waals surface area contributed by atoms with Crippen LogP contribution in [0.25, 0.3) is 0 Å². The molecule has 1 aliphatic heterocycles. The summed E-state index contributed by atoms with van der Waals surface area (Å²) in [7, 11) is 0. The van der Waals surface area contributed by atoms with Gasteiger partial charge in [-0.25, -0.2) is 0 Å². The molecule has 3 nitrogen and oxygen atoms in total. The third-order valence-electron chi connectivity index (χ3n) is 3.32. The molecule has 0 aliphatic carbocycles. The van der Waals surface area contributed by atoms with Gasteiger partial charge in [-0.2, -0.15) is 0 Å². The van der Waals surface area contributed by atoms with Crippen LogP contribution in [0.4, 0.5) is 0 Å². The van der Waals surface area contributed by atoms with Gasteiger partial charge in [-0.05, 0) is 31.2 Å². The first-order chi connectivity index (χ1) is 6.57. The van der Waals surface area contributed by atoms with E-state index < -0.39 is 0 Å². The molecular weight excluding hydrogens is 176 g/mol. The normalized spacial score (nSPS) is 23.5. The predicted molar refractivity (Wildman–Crippen MR) is 57.8 cm³/mol. The molecule has 2 atom stereocenters. The monoisotopic (exact) mass is 198 g/mol. The van der Waals surface area contributed by atoms with E-state index in [1.54, 1.807) is 6.92 Å². The maximum Gasteiger partial charge on any atom is 0.219 e.